The smallest absolute Gasteiger partial charge is 0.0543 e. The Bertz CT molecular complexity index is 630. The largest absolute Gasteiger partial charge is 0.393 e. The third kappa shape index (κ3) is 3.34. The van der Waals surface area contributed by atoms with Crippen molar-refractivity contribution in [2.75, 3.05) is 0 Å². The van der Waals surface area contributed by atoms with Gasteiger partial charge in [-0.1, -0.05) is 58.4 Å². The summed E-state index contributed by atoms with van der Waals surface area (Å²) in [6.07, 6.45) is 19.0. The SMILES string of the molecule is CC(C)C/C=C\[C@H](C)[C@H]1CC[C@H]2C3=CC[C@H]4C[C@@H](O)CC[C@]4(C)[C@H]3CC[C@]12C. The van der Waals surface area contributed by atoms with E-state index in [1.807, 2.05) is 5.57 Å². The van der Waals surface area contributed by atoms with Crippen molar-refractivity contribution < 1.29 is 5.11 Å². The quantitative estimate of drug-likeness (QED) is 0.510. The molecule has 8 atom stereocenters. The molecule has 4 aliphatic rings. The molecule has 0 bridgehead atoms. The molecular formula is C27H44O. The van der Waals surface area contributed by atoms with Crippen molar-refractivity contribution in [3.05, 3.63) is 23.8 Å². The average molecular weight is 385 g/mol. The maximum Gasteiger partial charge on any atom is 0.0543 e. The lowest BCUT2D eigenvalue weighted by atomic mass is 9.47. The van der Waals surface area contributed by atoms with Gasteiger partial charge in [-0.25, -0.2) is 0 Å². The van der Waals surface area contributed by atoms with Gasteiger partial charge in [0, 0.05) is 0 Å². The first-order valence-electron chi connectivity index (χ1n) is 12.3. The molecule has 0 aromatic rings. The number of aliphatic hydroxyl groups excluding tert-OH is 1. The number of hydrogen-bond donors (Lipinski definition) is 1. The highest BCUT2D eigenvalue weighted by Crippen LogP contribution is 2.66. The normalized spacial score (nSPS) is 46.8. The minimum absolute atomic E-state index is 0.0452. The first kappa shape index (κ1) is 20.7. The van der Waals surface area contributed by atoms with Gasteiger partial charge in [0.25, 0.3) is 0 Å². The first-order chi connectivity index (χ1) is 13.3. The lowest BCUT2D eigenvalue weighted by Crippen LogP contribution is -2.49. The molecule has 0 spiro atoms. The molecule has 0 aromatic carbocycles. The topological polar surface area (TPSA) is 20.2 Å². The molecule has 0 saturated heterocycles. The molecule has 0 unspecified atom stereocenters. The van der Waals surface area contributed by atoms with Gasteiger partial charge >= 0.3 is 0 Å². The van der Waals surface area contributed by atoms with E-state index in [-0.39, 0.29) is 6.10 Å². The van der Waals surface area contributed by atoms with Crippen molar-refractivity contribution in [3.8, 4) is 0 Å². The number of rotatable bonds is 4. The molecule has 0 amide bonds. The Kier molecular flexibility index (Phi) is 5.62. The van der Waals surface area contributed by atoms with Gasteiger partial charge in [-0.15, -0.1) is 0 Å². The summed E-state index contributed by atoms with van der Waals surface area (Å²) in [7, 11) is 0. The van der Waals surface area contributed by atoms with Gasteiger partial charge in [-0.3, -0.25) is 0 Å². The first-order valence-corrected chi connectivity index (χ1v) is 12.3. The Hall–Kier alpha value is -0.560. The van der Waals surface area contributed by atoms with Crippen molar-refractivity contribution in [2.45, 2.75) is 98.5 Å². The molecule has 0 aliphatic heterocycles. The van der Waals surface area contributed by atoms with Gasteiger partial charge in [0.2, 0.25) is 0 Å². The van der Waals surface area contributed by atoms with Crippen LogP contribution in [-0.4, -0.2) is 11.2 Å². The lowest BCUT2D eigenvalue weighted by Gasteiger charge is -2.57. The third-order valence-corrected chi connectivity index (χ3v) is 9.81. The van der Waals surface area contributed by atoms with E-state index in [2.05, 4.69) is 52.8 Å². The Morgan fingerprint density at radius 3 is 2.50 bits per heavy atom. The number of fused-ring (bicyclic) bond motifs is 5. The maximum atomic E-state index is 10.2. The summed E-state index contributed by atoms with van der Waals surface area (Å²) in [6.45, 7) is 12.3. The molecule has 4 aliphatic carbocycles. The molecule has 4 rings (SSSR count). The van der Waals surface area contributed by atoms with Crippen LogP contribution < -0.4 is 0 Å². The minimum atomic E-state index is -0.0452. The van der Waals surface area contributed by atoms with E-state index in [1.165, 1.54) is 44.9 Å². The summed E-state index contributed by atoms with van der Waals surface area (Å²) >= 11 is 0. The Labute approximate surface area is 174 Å². The third-order valence-electron chi connectivity index (χ3n) is 9.81. The molecule has 0 aromatic heterocycles. The molecular weight excluding hydrogens is 340 g/mol. The molecule has 1 heteroatoms. The summed E-state index contributed by atoms with van der Waals surface area (Å²) in [5, 5.41) is 10.2. The molecule has 1 N–H and O–H groups in total. The fourth-order valence-electron chi connectivity index (χ4n) is 8.09. The van der Waals surface area contributed by atoms with Crippen molar-refractivity contribution in [1.82, 2.24) is 0 Å². The molecule has 0 heterocycles. The summed E-state index contributed by atoms with van der Waals surface area (Å²) in [4.78, 5) is 0. The predicted molar refractivity (Wildman–Crippen MR) is 119 cm³/mol. The van der Waals surface area contributed by atoms with E-state index in [0.29, 0.717) is 22.7 Å². The maximum absolute atomic E-state index is 10.2. The van der Waals surface area contributed by atoms with Crippen LogP contribution in [0.5, 0.6) is 0 Å². The van der Waals surface area contributed by atoms with Gasteiger partial charge in [-0.05, 0) is 104 Å². The summed E-state index contributed by atoms with van der Waals surface area (Å²) < 4.78 is 0. The van der Waals surface area contributed by atoms with E-state index < -0.39 is 0 Å². The molecule has 1 nitrogen and oxygen atoms in total. The van der Waals surface area contributed by atoms with E-state index in [4.69, 9.17) is 0 Å². The Balaban J connectivity index is 1.54. The highest BCUT2D eigenvalue weighted by atomic mass is 16.3. The second-order valence-electron chi connectivity index (χ2n) is 11.8. The molecule has 3 fully saturated rings. The van der Waals surface area contributed by atoms with Crippen LogP contribution in [0.3, 0.4) is 0 Å². The van der Waals surface area contributed by atoms with Crippen molar-refractivity contribution in [1.29, 1.82) is 0 Å². The average Bonchev–Trinajstić information content (AvgIpc) is 2.99. The number of aliphatic hydroxyl groups is 1. The Morgan fingerprint density at radius 2 is 1.75 bits per heavy atom. The van der Waals surface area contributed by atoms with Crippen LogP contribution in [0.25, 0.3) is 0 Å². The van der Waals surface area contributed by atoms with Crippen LogP contribution >= 0.6 is 0 Å². The van der Waals surface area contributed by atoms with E-state index in [9.17, 15) is 5.11 Å². The van der Waals surface area contributed by atoms with Gasteiger partial charge in [-0.2, -0.15) is 0 Å². The van der Waals surface area contributed by atoms with Crippen LogP contribution in [0, 0.1) is 46.3 Å². The van der Waals surface area contributed by atoms with Gasteiger partial charge < -0.3 is 5.11 Å². The fourth-order valence-corrected chi connectivity index (χ4v) is 8.09. The predicted octanol–water partition coefficient (Wildman–Crippen LogP) is 7.16. The lowest BCUT2D eigenvalue weighted by molar-refractivity contribution is -0.0414. The van der Waals surface area contributed by atoms with Crippen molar-refractivity contribution in [2.24, 2.45) is 46.3 Å². The zero-order valence-corrected chi connectivity index (χ0v) is 19.1. The number of allylic oxidation sites excluding steroid dienone is 4. The van der Waals surface area contributed by atoms with Crippen LogP contribution in [-0.2, 0) is 0 Å². The van der Waals surface area contributed by atoms with Crippen LogP contribution in [0.4, 0.5) is 0 Å². The monoisotopic (exact) mass is 384 g/mol. The standard InChI is InChI=1S/C27H44O/c1-18(2)7-6-8-19(3)23-11-12-24-22-10-9-20-17-21(28)13-15-26(20,4)25(22)14-16-27(23,24)5/h6,8,10,18-21,23-25,28H,7,9,11-17H2,1-5H3/b8-6-/t19-,20-,21-,23+,24-,25-,26-,27+/m0/s1. The van der Waals surface area contributed by atoms with Crippen molar-refractivity contribution in [3.63, 3.8) is 0 Å². The van der Waals surface area contributed by atoms with Crippen LogP contribution in [0.1, 0.15) is 92.4 Å². The van der Waals surface area contributed by atoms with Gasteiger partial charge in [0.15, 0.2) is 0 Å². The van der Waals surface area contributed by atoms with Gasteiger partial charge in [0.05, 0.1) is 6.10 Å². The summed E-state index contributed by atoms with van der Waals surface area (Å²) in [5.41, 5.74) is 2.80. The molecule has 0 radical (unpaired) electrons. The Morgan fingerprint density at radius 1 is 1.04 bits per heavy atom. The van der Waals surface area contributed by atoms with E-state index in [0.717, 1.165) is 36.5 Å². The highest BCUT2D eigenvalue weighted by molar-refractivity contribution is 5.28. The zero-order chi connectivity index (χ0) is 20.1. The van der Waals surface area contributed by atoms with Crippen molar-refractivity contribution >= 4 is 0 Å². The fraction of sp³-hybridized carbons (Fsp3) is 0.852. The summed E-state index contributed by atoms with van der Waals surface area (Å²) in [6, 6.07) is 0. The van der Waals surface area contributed by atoms with E-state index in [1.54, 1.807) is 0 Å². The molecule has 3 saturated carbocycles. The molecule has 158 valence electrons. The second kappa shape index (κ2) is 7.60. The van der Waals surface area contributed by atoms with Crippen LogP contribution in [0.2, 0.25) is 0 Å². The van der Waals surface area contributed by atoms with Gasteiger partial charge in [0.1, 0.15) is 0 Å². The summed E-state index contributed by atoms with van der Waals surface area (Å²) in [5.74, 6) is 4.65. The number of hydrogen-bond acceptors (Lipinski definition) is 1. The highest BCUT2D eigenvalue weighted by Gasteiger charge is 2.57. The van der Waals surface area contributed by atoms with Crippen LogP contribution in [0.15, 0.2) is 23.8 Å². The minimum Gasteiger partial charge on any atom is -0.393 e. The second-order valence-corrected chi connectivity index (χ2v) is 11.8. The zero-order valence-electron chi connectivity index (χ0n) is 19.1. The molecule has 28 heavy (non-hydrogen) atoms. The van der Waals surface area contributed by atoms with E-state index >= 15 is 0 Å².